The molecule has 4 atom stereocenters. The summed E-state index contributed by atoms with van der Waals surface area (Å²) in [5.74, 6) is 1.08. The van der Waals surface area contributed by atoms with Crippen LogP contribution < -0.4 is 14.8 Å². The van der Waals surface area contributed by atoms with Crippen molar-refractivity contribution in [1.29, 1.82) is 10.5 Å². The molecule has 0 unspecified atom stereocenters. The second-order valence-electron chi connectivity index (χ2n) is 23.2. The Bertz CT molecular complexity index is 4130. The van der Waals surface area contributed by atoms with Crippen LogP contribution in [0, 0.1) is 22.7 Å². The lowest BCUT2D eigenvalue weighted by atomic mass is 9.88. The second-order valence-corrected chi connectivity index (χ2v) is 27.5. The second kappa shape index (κ2) is 31.4. The first-order valence-electron chi connectivity index (χ1n) is 30.5. The number of nitrogens with one attached hydrogen (secondary N) is 1. The van der Waals surface area contributed by atoms with Crippen LogP contribution >= 0.6 is 46.4 Å². The van der Waals surface area contributed by atoms with E-state index < -0.39 is 21.6 Å². The number of fused-ring (bicyclic) bond motifs is 6. The average molecular weight is 1340 g/mol. The van der Waals surface area contributed by atoms with Crippen LogP contribution in [0.5, 0.6) is 11.5 Å². The van der Waals surface area contributed by atoms with Crippen molar-refractivity contribution in [2.45, 2.75) is 72.0 Å². The molecule has 0 saturated carbocycles. The Balaban J connectivity index is 0.000000169. The molecule has 4 aliphatic rings. The van der Waals surface area contributed by atoms with Gasteiger partial charge in [0.15, 0.2) is 11.5 Å². The number of piperidine rings is 2. The summed E-state index contributed by atoms with van der Waals surface area (Å²) in [6.07, 6.45) is 9.76. The highest BCUT2D eigenvalue weighted by molar-refractivity contribution is 7.84. The zero-order chi connectivity index (χ0) is 64.1. The Morgan fingerprint density at radius 2 is 1.01 bits per heavy atom. The van der Waals surface area contributed by atoms with Crippen molar-refractivity contribution in [3.63, 3.8) is 0 Å². The summed E-state index contributed by atoms with van der Waals surface area (Å²) in [5, 5.41) is 27.8. The van der Waals surface area contributed by atoms with Crippen LogP contribution in [0.4, 0.5) is 0 Å². The molecule has 0 aliphatic carbocycles. The third-order valence-electron chi connectivity index (χ3n) is 17.6. The molecule has 4 heterocycles. The van der Waals surface area contributed by atoms with Gasteiger partial charge in [0.25, 0.3) is 11.8 Å². The number of nitrogens with zero attached hydrogens (tertiary/aromatic N) is 5. The lowest BCUT2D eigenvalue weighted by Gasteiger charge is -2.34. The molecule has 0 radical (unpaired) electrons. The molecule has 0 aromatic heterocycles. The van der Waals surface area contributed by atoms with Gasteiger partial charge in [-0.1, -0.05) is 143 Å². The number of halogens is 4. The quantitative estimate of drug-likeness (QED) is 0.0968. The molecular formula is C72H70Cl4N6O7S2. The third kappa shape index (κ3) is 15.8. The fourth-order valence-electron chi connectivity index (χ4n) is 12.9. The number of amides is 2. The van der Waals surface area contributed by atoms with Gasteiger partial charge in [-0.15, -0.1) is 0 Å². The van der Waals surface area contributed by atoms with Crippen LogP contribution in [0.25, 0.3) is 21.5 Å². The van der Waals surface area contributed by atoms with Gasteiger partial charge in [0, 0.05) is 53.6 Å². The van der Waals surface area contributed by atoms with Crippen molar-refractivity contribution in [2.24, 2.45) is 0 Å². The van der Waals surface area contributed by atoms with Gasteiger partial charge in [-0.05, 0) is 169 Å². The van der Waals surface area contributed by atoms with Gasteiger partial charge in [0.2, 0.25) is 0 Å². The maximum Gasteiger partial charge on any atom is 0.258 e. The minimum Gasteiger partial charge on any atom is -0.489 e. The first kappa shape index (κ1) is 66.8. The van der Waals surface area contributed by atoms with Crippen molar-refractivity contribution in [3.8, 4) is 23.6 Å². The Kier molecular flexibility index (Phi) is 23.1. The van der Waals surface area contributed by atoms with E-state index in [0.29, 0.717) is 98.5 Å². The molecule has 8 aromatic rings. The molecule has 2 fully saturated rings. The Morgan fingerprint density at radius 1 is 0.571 bits per heavy atom. The molecule has 0 bridgehead atoms. The number of carbonyl (C=O) groups excluding carboxylic acids is 3. The molecule has 470 valence electrons. The molecule has 91 heavy (non-hydrogen) atoms. The minimum absolute atomic E-state index is 0.0108. The topological polar surface area (TPSA) is 173 Å². The summed E-state index contributed by atoms with van der Waals surface area (Å²) >= 11 is 25.0. The summed E-state index contributed by atoms with van der Waals surface area (Å²) in [6.45, 7) is 7.03. The lowest BCUT2D eigenvalue weighted by Crippen LogP contribution is -2.38. The van der Waals surface area contributed by atoms with E-state index in [-0.39, 0.29) is 36.7 Å². The van der Waals surface area contributed by atoms with Crippen molar-refractivity contribution in [3.05, 3.63) is 210 Å². The van der Waals surface area contributed by atoms with Gasteiger partial charge in [-0.3, -0.25) is 18.0 Å². The molecule has 2 saturated heterocycles. The summed E-state index contributed by atoms with van der Waals surface area (Å²) in [5.41, 5.74) is 5.90. The van der Waals surface area contributed by atoms with Crippen LogP contribution in [0.1, 0.15) is 116 Å². The molecule has 19 heteroatoms. The van der Waals surface area contributed by atoms with E-state index in [1.165, 1.54) is 11.1 Å². The number of aldehydes is 1. The number of benzene rings is 8. The number of carbonyl (C=O) groups is 3. The number of likely N-dealkylation sites (tertiary alicyclic amines) is 1. The van der Waals surface area contributed by atoms with Crippen LogP contribution in [-0.2, 0) is 26.4 Å². The fraction of sp³-hybridized carbons (Fsp3) is 0.319. The highest BCUT2D eigenvalue weighted by atomic mass is 35.5. The predicted octanol–water partition coefficient (Wildman–Crippen LogP) is 14.8. The number of nitriles is 2. The van der Waals surface area contributed by atoms with Crippen LogP contribution in [0.2, 0.25) is 20.1 Å². The number of rotatable bonds is 15. The third-order valence-corrected chi connectivity index (χ3v) is 21.1. The molecule has 8 aromatic carbocycles. The SMILES string of the molecule is C[S@](=O)c1ccccc1C1CCN(CC[C@H](CN2CCOc3c(C#N)cc4ccccc4c3C2=O)c2ccc(Cl)c(Cl)c2)CC1.C[S@](=O)c1ccccc1C1CCNCC1.N#Cc1cc2ccccc2c2c1OCCN(C[C@@H](CC=O)c1ccc(Cl)c(Cl)c1)C2=O. The van der Waals surface area contributed by atoms with Crippen molar-refractivity contribution < 1.29 is 32.3 Å². The fourth-order valence-corrected chi connectivity index (χ4v) is 15.2. The Morgan fingerprint density at radius 3 is 1.47 bits per heavy atom. The van der Waals surface area contributed by atoms with E-state index in [0.717, 1.165) is 114 Å². The van der Waals surface area contributed by atoms with E-state index in [4.69, 9.17) is 55.9 Å². The van der Waals surface area contributed by atoms with Gasteiger partial charge in [0.1, 0.15) is 31.6 Å². The van der Waals surface area contributed by atoms with Gasteiger partial charge < -0.3 is 34.3 Å². The van der Waals surface area contributed by atoms with Crippen LogP contribution in [0.15, 0.2) is 155 Å². The normalized spacial score (nSPS) is 16.7. The van der Waals surface area contributed by atoms with Gasteiger partial charge in [-0.25, -0.2) is 0 Å². The molecule has 1 N–H and O–H groups in total. The standard InChI is InChI=1S/C36H35Cl2N3O3S.C24H18Cl2N2O3.C12H17NOS/c1-45(43)33-9-5-4-7-29(33)24-12-15-40(16-13-24)17-14-27(25-10-11-31(37)32(38)21-25)23-41-18-19-44-35-28(22-39)20-26-6-2-3-8-30(26)34(35)36(41)42;25-20-6-5-15(12-21(20)26)17(7-9-29)14-28-8-10-31-23-18(13-27)11-16-3-1-2-4-19(16)22(23)24(28)30;1-15(14)12-5-3-2-4-11(12)10-6-8-13-9-7-10/h2-11,20-21,24,27H,12-19,23H2,1H3;1-6,9,11-12,17H,7-8,10,14H2;2-5,10,13H,6-9H2,1H3/t27-,45+;17-;15-/m110/s1. The first-order valence-corrected chi connectivity index (χ1v) is 35.2. The molecule has 12 rings (SSSR count). The van der Waals surface area contributed by atoms with Crippen molar-refractivity contribution >= 4 is 108 Å². The number of hydrogen-bond donors (Lipinski definition) is 1. The Hall–Kier alpha value is -7.15. The number of ether oxygens (including phenoxy) is 2. The van der Waals surface area contributed by atoms with Crippen molar-refractivity contribution in [1.82, 2.24) is 20.0 Å². The van der Waals surface area contributed by atoms with Gasteiger partial charge in [0.05, 0.1) is 77.0 Å². The van der Waals surface area contributed by atoms with Crippen LogP contribution in [-0.4, -0.2) is 126 Å². The summed E-state index contributed by atoms with van der Waals surface area (Å²) in [4.78, 5) is 47.2. The van der Waals surface area contributed by atoms with E-state index in [9.17, 15) is 33.3 Å². The summed E-state index contributed by atoms with van der Waals surface area (Å²) in [6, 6.07) is 50.2. The van der Waals surface area contributed by atoms with E-state index >= 15 is 0 Å². The average Bonchev–Trinajstić information content (AvgIpc) is 1.81. The smallest absolute Gasteiger partial charge is 0.258 e. The van der Waals surface area contributed by atoms with Gasteiger partial charge >= 0.3 is 0 Å². The molecule has 2 amide bonds. The maximum atomic E-state index is 14.2. The summed E-state index contributed by atoms with van der Waals surface area (Å²) < 4.78 is 35.9. The van der Waals surface area contributed by atoms with Gasteiger partial charge in [-0.2, -0.15) is 10.5 Å². The zero-order valence-electron chi connectivity index (χ0n) is 50.7. The minimum atomic E-state index is -1.01. The van der Waals surface area contributed by atoms with E-state index in [2.05, 4.69) is 34.5 Å². The highest BCUT2D eigenvalue weighted by Gasteiger charge is 2.33. The van der Waals surface area contributed by atoms with E-state index in [1.807, 2.05) is 114 Å². The van der Waals surface area contributed by atoms with Crippen molar-refractivity contribution in [2.75, 3.05) is 84.6 Å². The largest absolute Gasteiger partial charge is 0.489 e. The zero-order valence-corrected chi connectivity index (χ0v) is 55.3. The molecule has 13 nitrogen and oxygen atoms in total. The highest BCUT2D eigenvalue weighted by Crippen LogP contribution is 2.40. The summed E-state index contributed by atoms with van der Waals surface area (Å²) in [7, 11) is -1.87. The first-order chi connectivity index (χ1) is 44.1. The molecular weight excluding hydrogens is 1270 g/mol. The molecule has 0 spiro atoms. The monoisotopic (exact) mass is 1330 g/mol. The lowest BCUT2D eigenvalue weighted by molar-refractivity contribution is -0.108. The van der Waals surface area contributed by atoms with E-state index in [1.54, 1.807) is 41.7 Å². The predicted molar refractivity (Wildman–Crippen MR) is 365 cm³/mol. The number of hydrogen-bond acceptors (Lipinski definition) is 11. The van der Waals surface area contributed by atoms with Crippen LogP contribution in [0.3, 0.4) is 0 Å². The Labute approximate surface area is 557 Å². The maximum absolute atomic E-state index is 14.2. The molecule has 4 aliphatic heterocycles.